The molecule has 0 aliphatic carbocycles. The summed E-state index contributed by atoms with van der Waals surface area (Å²) in [7, 11) is -3.72. The normalized spacial score (nSPS) is 15.3. The van der Waals surface area contributed by atoms with Crippen LogP contribution in [0.1, 0.15) is 26.3 Å². The van der Waals surface area contributed by atoms with E-state index in [9.17, 15) is 9.46 Å². The van der Waals surface area contributed by atoms with Crippen molar-refractivity contribution >= 4 is 7.60 Å². The molecule has 0 radical (unpaired) electrons. The molecule has 114 valence electrons. The fourth-order valence-corrected chi connectivity index (χ4v) is 3.55. The molecule has 0 saturated carbocycles. The van der Waals surface area contributed by atoms with Gasteiger partial charge in [-0.15, -0.1) is 0 Å². The smallest absolute Gasteiger partial charge is 0.342 e. The van der Waals surface area contributed by atoms with Gasteiger partial charge in [-0.05, 0) is 26.3 Å². The number of aliphatic hydroxyl groups excluding tert-OH is 1. The van der Waals surface area contributed by atoms with Crippen molar-refractivity contribution in [2.75, 3.05) is 19.4 Å². The summed E-state index contributed by atoms with van der Waals surface area (Å²) in [6.45, 7) is 5.98. The molecule has 0 spiro atoms. The van der Waals surface area contributed by atoms with Gasteiger partial charge in [0.15, 0.2) is 0 Å². The summed E-state index contributed by atoms with van der Waals surface area (Å²) in [5.74, 6) is 0. The lowest BCUT2D eigenvalue weighted by molar-refractivity contribution is 0.101. The number of nitrogens with zero attached hydrogens (tertiary/aromatic N) is 1. The van der Waals surface area contributed by atoms with Crippen molar-refractivity contribution in [3.05, 3.63) is 35.9 Å². The maximum absolute atomic E-state index is 12.1. The van der Waals surface area contributed by atoms with Gasteiger partial charge in [-0.2, -0.15) is 0 Å². The molecule has 6 heteroatoms. The summed E-state index contributed by atoms with van der Waals surface area (Å²) in [6, 6.07) is 9.63. The van der Waals surface area contributed by atoms with E-state index in [0.717, 1.165) is 5.56 Å². The molecular formula is C14H24NO4P. The van der Waals surface area contributed by atoms with Crippen molar-refractivity contribution in [1.82, 2.24) is 4.90 Å². The first-order valence-corrected chi connectivity index (χ1v) is 8.38. The lowest BCUT2D eigenvalue weighted by Crippen LogP contribution is -2.29. The van der Waals surface area contributed by atoms with Gasteiger partial charge in [-0.1, -0.05) is 30.3 Å². The van der Waals surface area contributed by atoms with Gasteiger partial charge >= 0.3 is 7.60 Å². The number of hydrogen-bond donors (Lipinski definition) is 2. The first kappa shape index (κ1) is 17.3. The van der Waals surface area contributed by atoms with Crippen LogP contribution in [0.5, 0.6) is 0 Å². The van der Waals surface area contributed by atoms with E-state index in [-0.39, 0.29) is 12.9 Å². The Kier molecular flexibility index (Phi) is 6.37. The summed E-state index contributed by atoms with van der Waals surface area (Å²) in [6.07, 6.45) is -0.0975. The van der Waals surface area contributed by atoms with Crippen LogP contribution < -0.4 is 0 Å². The van der Waals surface area contributed by atoms with E-state index in [2.05, 4.69) is 0 Å². The van der Waals surface area contributed by atoms with Gasteiger partial charge in [0.1, 0.15) is 6.29 Å². The van der Waals surface area contributed by atoms with Crippen molar-refractivity contribution in [2.24, 2.45) is 0 Å². The molecular weight excluding hydrogens is 277 g/mol. The molecule has 0 amide bonds. The van der Waals surface area contributed by atoms with Gasteiger partial charge in [0.2, 0.25) is 0 Å². The van der Waals surface area contributed by atoms with Crippen molar-refractivity contribution in [3.63, 3.8) is 0 Å². The molecule has 0 saturated heterocycles. The van der Waals surface area contributed by atoms with Crippen molar-refractivity contribution in [1.29, 1.82) is 0 Å². The molecule has 0 aliphatic heterocycles. The lowest BCUT2D eigenvalue weighted by atomic mass is 10.2. The zero-order chi connectivity index (χ0) is 15.2. The van der Waals surface area contributed by atoms with Gasteiger partial charge < -0.3 is 14.5 Å². The van der Waals surface area contributed by atoms with Crippen LogP contribution in [0.3, 0.4) is 0 Å². The highest BCUT2D eigenvalue weighted by molar-refractivity contribution is 7.52. The van der Waals surface area contributed by atoms with Crippen LogP contribution in [0.4, 0.5) is 0 Å². The minimum absolute atomic E-state index is 0.0671. The van der Waals surface area contributed by atoms with E-state index in [0.29, 0.717) is 13.1 Å². The average molecular weight is 301 g/mol. The maximum Gasteiger partial charge on any atom is 0.342 e. The van der Waals surface area contributed by atoms with E-state index in [1.54, 1.807) is 25.7 Å². The monoisotopic (exact) mass is 301 g/mol. The predicted molar refractivity (Wildman–Crippen MR) is 79.5 cm³/mol. The number of benzene rings is 1. The van der Waals surface area contributed by atoms with E-state index >= 15 is 0 Å². The van der Waals surface area contributed by atoms with Crippen LogP contribution in [-0.2, 0) is 15.6 Å². The molecule has 1 unspecified atom stereocenters. The zero-order valence-electron chi connectivity index (χ0n) is 12.3. The molecule has 1 atom stereocenters. The van der Waals surface area contributed by atoms with E-state index in [4.69, 9.17) is 9.63 Å². The minimum atomic E-state index is -3.72. The molecule has 2 N–H and O–H groups in total. The van der Waals surface area contributed by atoms with Crippen LogP contribution in [0.15, 0.2) is 30.3 Å². The first-order chi connectivity index (χ1) is 9.22. The molecule has 1 aromatic carbocycles. The highest BCUT2D eigenvalue weighted by atomic mass is 31.2. The third kappa shape index (κ3) is 7.17. The van der Waals surface area contributed by atoms with Crippen molar-refractivity contribution in [3.8, 4) is 0 Å². The van der Waals surface area contributed by atoms with Gasteiger partial charge in [-0.3, -0.25) is 9.46 Å². The summed E-state index contributed by atoms with van der Waals surface area (Å²) >= 11 is 0. The Hall–Kier alpha value is -0.710. The summed E-state index contributed by atoms with van der Waals surface area (Å²) in [4.78, 5) is 11.7. The van der Waals surface area contributed by atoms with Gasteiger partial charge in [0.05, 0.1) is 12.2 Å². The molecule has 20 heavy (non-hydrogen) atoms. The maximum atomic E-state index is 12.1. The van der Waals surface area contributed by atoms with E-state index in [1.165, 1.54) is 0 Å². The van der Waals surface area contributed by atoms with E-state index in [1.807, 2.05) is 30.3 Å². The van der Waals surface area contributed by atoms with Crippen LogP contribution in [0.25, 0.3) is 0 Å². The Labute approximate surface area is 120 Å². The van der Waals surface area contributed by atoms with Crippen LogP contribution in [0.2, 0.25) is 0 Å². The van der Waals surface area contributed by atoms with Crippen molar-refractivity contribution < 1.29 is 19.1 Å². The summed E-state index contributed by atoms with van der Waals surface area (Å²) in [5.41, 5.74) is 0.346. The third-order valence-corrected chi connectivity index (χ3v) is 4.05. The molecule has 0 bridgehead atoms. The molecule has 5 nitrogen and oxygen atoms in total. The summed E-state index contributed by atoms with van der Waals surface area (Å²) < 4.78 is 17.3. The Morgan fingerprint density at radius 2 is 1.85 bits per heavy atom. The standard InChI is InChI=1S/C14H24NO4P/c1-14(2,3)19-20(17,18)12-15(9-10-16)11-13-7-5-4-6-8-13/h4-8,16H,9-12H2,1-3H3,(H,17,18). The largest absolute Gasteiger partial charge is 0.395 e. The van der Waals surface area contributed by atoms with Gasteiger partial charge in [0, 0.05) is 13.1 Å². The van der Waals surface area contributed by atoms with Crippen LogP contribution in [0, 0.1) is 0 Å². The topological polar surface area (TPSA) is 70.0 Å². The fraction of sp³-hybridized carbons (Fsp3) is 0.571. The molecule has 0 fully saturated rings. The highest BCUT2D eigenvalue weighted by Gasteiger charge is 2.29. The molecule has 0 aliphatic rings. The second-order valence-corrected chi connectivity index (χ2v) is 7.48. The molecule has 1 rings (SSSR count). The number of rotatable bonds is 7. The third-order valence-electron chi connectivity index (χ3n) is 2.46. The molecule has 0 aromatic heterocycles. The van der Waals surface area contributed by atoms with E-state index < -0.39 is 13.2 Å². The average Bonchev–Trinajstić information content (AvgIpc) is 2.26. The van der Waals surface area contributed by atoms with Crippen molar-refractivity contribution in [2.45, 2.75) is 32.9 Å². The minimum Gasteiger partial charge on any atom is -0.395 e. The Bertz CT molecular complexity index is 444. The molecule has 0 heterocycles. The van der Waals surface area contributed by atoms with Crippen LogP contribution in [-0.4, -0.2) is 39.9 Å². The number of aliphatic hydroxyl groups is 1. The summed E-state index contributed by atoms with van der Waals surface area (Å²) in [5, 5.41) is 9.09. The second kappa shape index (κ2) is 7.34. The highest BCUT2D eigenvalue weighted by Crippen LogP contribution is 2.46. The predicted octanol–water partition coefficient (Wildman–Crippen LogP) is 2.44. The van der Waals surface area contributed by atoms with Gasteiger partial charge in [-0.25, -0.2) is 0 Å². The second-order valence-electron chi connectivity index (χ2n) is 5.74. The zero-order valence-corrected chi connectivity index (χ0v) is 13.2. The fourth-order valence-electron chi connectivity index (χ4n) is 1.89. The van der Waals surface area contributed by atoms with Gasteiger partial charge in [0.25, 0.3) is 0 Å². The SMILES string of the molecule is CC(C)(C)OP(=O)(O)CN(CCO)Cc1ccccc1. The Morgan fingerprint density at radius 1 is 1.25 bits per heavy atom. The first-order valence-electron chi connectivity index (χ1n) is 6.61. The molecule has 1 aromatic rings. The Balaban J connectivity index is 2.69. The number of hydrogen-bond acceptors (Lipinski definition) is 4. The van der Waals surface area contributed by atoms with Crippen LogP contribution >= 0.6 is 7.60 Å². The lowest BCUT2D eigenvalue weighted by Gasteiger charge is -2.28. The Morgan fingerprint density at radius 3 is 2.35 bits per heavy atom. The quantitative estimate of drug-likeness (QED) is 0.757.